The number of aliphatic hydroxyl groups is 11. The van der Waals surface area contributed by atoms with Crippen molar-refractivity contribution in [2.24, 2.45) is 0 Å². The van der Waals surface area contributed by atoms with Gasteiger partial charge in [-0.2, -0.15) is 0 Å². The van der Waals surface area contributed by atoms with Crippen molar-refractivity contribution in [3.05, 3.63) is 12.2 Å². The summed E-state index contributed by atoms with van der Waals surface area (Å²) >= 11 is 0. The highest BCUT2D eigenvalue weighted by Gasteiger charge is 2.60. The van der Waals surface area contributed by atoms with Crippen LogP contribution in [0.5, 0.6) is 0 Å². The van der Waals surface area contributed by atoms with Crippen molar-refractivity contribution in [2.75, 3.05) is 26.4 Å². The molecule has 0 aliphatic carbocycles. The Hall–Kier alpha value is -2.53. The number of carboxylic acid groups (broad SMARTS) is 1. The van der Waals surface area contributed by atoms with Crippen molar-refractivity contribution in [1.82, 2.24) is 10.6 Å². The van der Waals surface area contributed by atoms with Crippen LogP contribution in [0.15, 0.2) is 12.2 Å². The molecule has 0 radical (unpaired) electrons. The van der Waals surface area contributed by atoms with E-state index in [1.165, 1.54) is 135 Å². The number of carbonyl (C=O) groups is 3. The van der Waals surface area contributed by atoms with Crippen molar-refractivity contribution in [3.8, 4) is 0 Å². The smallest absolute Gasteiger partial charge is 0.364 e. The predicted octanol–water partition coefficient (Wildman–Crippen LogP) is 6.68. The number of aliphatic carboxylic acids is 1. The van der Waals surface area contributed by atoms with E-state index in [0.29, 0.717) is 19.3 Å². The van der Waals surface area contributed by atoms with E-state index >= 15 is 0 Å². The molecule has 91 heavy (non-hydrogen) atoms. The van der Waals surface area contributed by atoms with Gasteiger partial charge in [-0.3, -0.25) is 9.59 Å². The van der Waals surface area contributed by atoms with Gasteiger partial charge in [-0.05, 0) is 38.5 Å². The van der Waals surface area contributed by atoms with Crippen molar-refractivity contribution < 1.29 is 104 Å². The summed E-state index contributed by atoms with van der Waals surface area (Å²) in [7, 11) is 0. The highest BCUT2D eigenvalue weighted by molar-refractivity contribution is 5.77. The van der Waals surface area contributed by atoms with Crippen molar-refractivity contribution in [1.29, 1.82) is 0 Å². The molecule has 0 aromatic carbocycles. The van der Waals surface area contributed by atoms with Gasteiger partial charge in [0.05, 0.1) is 50.7 Å². The fourth-order valence-electron chi connectivity index (χ4n) is 12.5. The molecule has 3 aliphatic rings. The molecule has 0 bridgehead atoms. The van der Waals surface area contributed by atoms with E-state index in [-0.39, 0.29) is 18.9 Å². The van der Waals surface area contributed by atoms with Gasteiger partial charge >= 0.3 is 5.97 Å². The molecular weight excluding hydrogens is 1180 g/mol. The Kier molecular flexibility index (Phi) is 44.6. The maximum Gasteiger partial charge on any atom is 0.364 e. The van der Waals surface area contributed by atoms with Gasteiger partial charge in [0.15, 0.2) is 12.6 Å². The minimum absolute atomic E-state index is 0.220. The summed E-state index contributed by atoms with van der Waals surface area (Å²) in [5, 5.41) is 136. The Morgan fingerprint density at radius 2 is 1.02 bits per heavy atom. The molecule has 0 aromatic heterocycles. The first-order valence-electron chi connectivity index (χ1n) is 35.5. The molecule has 23 heteroatoms. The number of carbonyl (C=O) groups excluding carboxylic acids is 2. The van der Waals surface area contributed by atoms with Crippen LogP contribution in [0, 0.1) is 0 Å². The molecule has 3 heterocycles. The lowest BCUT2D eigenvalue weighted by Crippen LogP contribution is -2.70. The van der Waals surface area contributed by atoms with Crippen LogP contribution in [0.25, 0.3) is 0 Å². The van der Waals surface area contributed by atoms with Gasteiger partial charge in [0.25, 0.3) is 5.79 Å². The highest BCUT2D eigenvalue weighted by Crippen LogP contribution is 2.39. The monoisotopic (exact) mass is 1310 g/mol. The molecule has 3 saturated heterocycles. The van der Waals surface area contributed by atoms with Crippen LogP contribution in [0.1, 0.15) is 265 Å². The van der Waals surface area contributed by atoms with Gasteiger partial charge in [0.2, 0.25) is 11.8 Å². The number of hydrogen-bond donors (Lipinski definition) is 14. The largest absolute Gasteiger partial charge is 0.477 e. The van der Waals surface area contributed by atoms with E-state index in [2.05, 4.69) is 36.6 Å². The third kappa shape index (κ3) is 31.5. The Morgan fingerprint density at radius 1 is 0.560 bits per heavy atom. The molecule has 3 fully saturated rings. The van der Waals surface area contributed by atoms with Crippen molar-refractivity contribution in [3.63, 3.8) is 0 Å². The van der Waals surface area contributed by atoms with Crippen LogP contribution < -0.4 is 10.6 Å². The van der Waals surface area contributed by atoms with Crippen LogP contribution in [0.2, 0.25) is 0 Å². The van der Waals surface area contributed by atoms with E-state index in [4.69, 9.17) is 28.4 Å². The maximum absolute atomic E-state index is 13.5. The van der Waals surface area contributed by atoms with Crippen LogP contribution in [0.4, 0.5) is 0 Å². The van der Waals surface area contributed by atoms with Gasteiger partial charge < -0.3 is 100 Å². The molecule has 3 rings (SSSR count). The zero-order valence-corrected chi connectivity index (χ0v) is 55.7. The van der Waals surface area contributed by atoms with Crippen molar-refractivity contribution in [2.45, 2.75) is 375 Å². The van der Waals surface area contributed by atoms with Crippen LogP contribution >= 0.6 is 0 Å². The quantitative estimate of drug-likeness (QED) is 0.0223. The SMILES string of the molecule is CCCCCCCCCC/C=C\CCCCCCCCCC(=O)NC(COC1OC(CO)C(OC2OC(CO)C(O)C(OC3(C(=O)O)CC(O)C(NC(C)=O)C(C(O)C(O)CO)O3)C2O)C(O)C1O)C(O)CCCCCCCCCCCCCCCCCCCC. The van der Waals surface area contributed by atoms with Crippen LogP contribution in [-0.4, -0.2) is 215 Å². The lowest BCUT2D eigenvalue weighted by Gasteiger charge is -2.50. The maximum atomic E-state index is 13.5. The number of unbranched alkanes of at least 4 members (excludes halogenated alkanes) is 32. The average Bonchev–Trinajstić information content (AvgIpc) is 0.783. The molecule has 23 nitrogen and oxygen atoms in total. The fourth-order valence-corrected chi connectivity index (χ4v) is 12.5. The molecule has 0 aromatic rings. The van der Waals surface area contributed by atoms with Gasteiger partial charge in [0, 0.05) is 19.8 Å². The zero-order valence-electron chi connectivity index (χ0n) is 55.7. The Balaban J connectivity index is 1.59. The minimum atomic E-state index is -3.08. The number of amides is 2. The number of allylic oxidation sites excluding steroid dienone is 2. The molecular formula is C68H126N2O21. The molecule has 18 atom stereocenters. The zero-order chi connectivity index (χ0) is 66.8. The number of nitrogens with one attached hydrogen (secondary N) is 2. The number of aliphatic hydroxyl groups excluding tert-OH is 11. The van der Waals surface area contributed by atoms with Gasteiger partial charge in [-0.1, -0.05) is 219 Å². The van der Waals surface area contributed by atoms with Crippen LogP contribution in [-0.2, 0) is 42.8 Å². The Labute approximate surface area is 543 Å². The van der Waals surface area contributed by atoms with E-state index in [1.54, 1.807) is 0 Å². The second-order valence-electron chi connectivity index (χ2n) is 26.1. The van der Waals surface area contributed by atoms with Gasteiger partial charge in [-0.15, -0.1) is 0 Å². The second kappa shape index (κ2) is 49.1. The van der Waals surface area contributed by atoms with Crippen LogP contribution in [0.3, 0.4) is 0 Å². The molecule has 0 saturated carbocycles. The van der Waals surface area contributed by atoms with E-state index in [1.807, 2.05) is 0 Å². The molecule has 14 N–H and O–H groups in total. The Morgan fingerprint density at radius 3 is 1.48 bits per heavy atom. The molecule has 534 valence electrons. The summed E-state index contributed by atoms with van der Waals surface area (Å²) in [6, 6.07) is -2.53. The summed E-state index contributed by atoms with van der Waals surface area (Å²) in [5.41, 5.74) is 0. The third-order valence-corrected chi connectivity index (χ3v) is 18.2. The van der Waals surface area contributed by atoms with E-state index in [9.17, 15) is 75.7 Å². The molecule has 18 unspecified atom stereocenters. The van der Waals surface area contributed by atoms with Crippen molar-refractivity contribution >= 4 is 17.8 Å². The summed E-state index contributed by atoms with van der Waals surface area (Å²) in [5.74, 6) is -6.10. The second-order valence-corrected chi connectivity index (χ2v) is 26.1. The van der Waals surface area contributed by atoms with Gasteiger partial charge in [-0.25, -0.2) is 4.79 Å². The van der Waals surface area contributed by atoms with E-state index < -0.39 is 148 Å². The Bertz CT molecular complexity index is 1890. The number of hydrogen-bond acceptors (Lipinski definition) is 20. The lowest BCUT2D eigenvalue weighted by atomic mass is 9.88. The fraction of sp³-hybridized carbons (Fsp3) is 0.926. The summed E-state index contributed by atoms with van der Waals surface area (Å²) in [6.07, 6.45) is 17.7. The predicted molar refractivity (Wildman–Crippen MR) is 343 cm³/mol. The summed E-state index contributed by atoms with van der Waals surface area (Å²) in [6.45, 7) is 2.22. The number of ether oxygens (including phenoxy) is 6. The van der Waals surface area contributed by atoms with E-state index in [0.717, 1.165) is 84.0 Å². The summed E-state index contributed by atoms with van der Waals surface area (Å²) < 4.78 is 34.9. The standard InChI is InChI=1S/C68H126N2O21/c1-4-6-8-10-12-14-16-18-20-22-24-26-28-30-32-34-36-38-40-42-55(78)70-49(50(75)41-39-37-35-33-31-29-27-25-23-21-19-17-15-13-11-9-7-5-2)47-86-65-60(82)59(81)62(54(46-73)88-65)89-66-61(83)64(58(80)53(45-72)87-66)91-68(67(84)85)43-51(76)56(69-48(3)74)63(90-68)57(79)52(77)44-71/h22,24,49-54,56-66,71-73,75-77,79-83H,4-21,23,25-47H2,1-3H3,(H,69,74)(H,70,78)(H,84,85)/b24-22-. The normalized spacial score (nSPS) is 28.4. The first kappa shape index (κ1) is 82.7. The third-order valence-electron chi connectivity index (χ3n) is 18.2. The number of carboxylic acids is 1. The topological polar surface area (TPSA) is 373 Å². The average molecular weight is 1310 g/mol. The minimum Gasteiger partial charge on any atom is -0.477 e. The molecule has 0 spiro atoms. The first-order valence-corrected chi connectivity index (χ1v) is 35.5. The molecule has 3 aliphatic heterocycles. The number of rotatable bonds is 54. The summed E-state index contributed by atoms with van der Waals surface area (Å²) in [4.78, 5) is 38.6. The highest BCUT2D eigenvalue weighted by atomic mass is 16.8. The first-order chi connectivity index (χ1) is 43.9. The lowest BCUT2D eigenvalue weighted by molar-refractivity contribution is -0.386. The molecule has 2 amide bonds. The van der Waals surface area contributed by atoms with Gasteiger partial charge in [0.1, 0.15) is 67.1 Å².